The van der Waals surface area contributed by atoms with E-state index < -0.39 is 28.5 Å². The van der Waals surface area contributed by atoms with Gasteiger partial charge in [0.05, 0.1) is 99.7 Å². The Labute approximate surface area is 629 Å². The van der Waals surface area contributed by atoms with Gasteiger partial charge >= 0.3 is 0 Å². The molecule has 4 amide bonds. The van der Waals surface area contributed by atoms with Crippen LogP contribution >= 0.6 is 0 Å². The van der Waals surface area contributed by atoms with Crippen molar-refractivity contribution in [2.45, 2.75) is 225 Å². The van der Waals surface area contributed by atoms with Crippen LogP contribution in [-0.2, 0) is 30.4 Å². The number of carbonyl (C=O) groups excluding carboxylic acids is 4. The molecule has 5 aromatic carbocycles. The molecule has 5 heterocycles. The van der Waals surface area contributed by atoms with Gasteiger partial charge in [0.2, 0.25) is 47.4 Å². The van der Waals surface area contributed by atoms with Crippen LogP contribution < -0.4 is 21.3 Å². The first-order chi connectivity index (χ1) is 51.5. The van der Waals surface area contributed by atoms with E-state index in [1.54, 1.807) is 86.9 Å². The molecule has 5 aliphatic rings. The van der Waals surface area contributed by atoms with Crippen LogP contribution in [0.1, 0.15) is 219 Å². The van der Waals surface area contributed by atoms with Crippen molar-refractivity contribution in [2.24, 2.45) is 16.7 Å². The summed E-state index contributed by atoms with van der Waals surface area (Å²) in [6.45, 7) is 37.0. The number of anilines is 4. The van der Waals surface area contributed by atoms with Crippen LogP contribution in [0.5, 0.6) is 0 Å². The fourth-order valence-electron chi connectivity index (χ4n) is 15.4. The number of para-hydroxylation sites is 1. The van der Waals surface area contributed by atoms with Crippen LogP contribution in [0.15, 0.2) is 121 Å². The Morgan fingerprint density at radius 2 is 0.972 bits per heavy atom. The predicted molar refractivity (Wildman–Crippen MR) is 418 cm³/mol. The zero-order chi connectivity index (χ0) is 76.9. The van der Waals surface area contributed by atoms with Crippen molar-refractivity contribution in [3.8, 4) is 5.82 Å². The Morgan fingerprint density at radius 1 is 0.509 bits per heavy atom. The number of aliphatic hydroxyl groups is 3. The highest BCUT2D eigenvalue weighted by molar-refractivity contribution is 5.96. The second kappa shape index (κ2) is 32.0. The Hall–Kier alpha value is -10.7. The lowest BCUT2D eigenvalue weighted by atomic mass is 9.85. The van der Waals surface area contributed by atoms with Crippen LogP contribution in [0.4, 0.5) is 45.2 Å². The Morgan fingerprint density at radius 3 is 1.46 bits per heavy atom. The Kier molecular flexibility index (Phi) is 22.8. The van der Waals surface area contributed by atoms with Crippen LogP contribution in [-0.4, -0.2) is 87.7 Å². The largest absolute Gasteiger partial charge is 0.389 e. The Balaban J connectivity index is 0.000000135. The lowest BCUT2D eigenvalue weighted by Gasteiger charge is -2.31. The molecule has 108 heavy (non-hydrogen) atoms. The molecule has 0 aliphatic heterocycles. The molecular weight excluding hydrogens is 1360 g/mol. The molecule has 0 spiro atoms. The number of amides is 4. The van der Waals surface area contributed by atoms with Crippen molar-refractivity contribution in [3.63, 3.8) is 0 Å². The quantitative estimate of drug-likeness (QED) is 0.0395. The maximum Gasteiger partial charge on any atom is 0.229 e. The van der Waals surface area contributed by atoms with Crippen molar-refractivity contribution in [1.29, 1.82) is 0 Å². The maximum absolute atomic E-state index is 13.4. The number of imidazole rings is 4. The molecule has 2 atom stereocenters. The van der Waals surface area contributed by atoms with Gasteiger partial charge in [0, 0.05) is 36.5 Å². The van der Waals surface area contributed by atoms with E-state index >= 15 is 0 Å². The van der Waals surface area contributed by atoms with Crippen LogP contribution in [0.25, 0.3) is 64.5 Å². The predicted octanol–water partition coefficient (Wildman–Crippen LogP) is 18.5. The molecule has 15 rings (SSSR count). The minimum Gasteiger partial charge on any atom is -0.389 e. The zero-order valence-corrected chi connectivity index (χ0v) is 62.9. The molecule has 23 nitrogen and oxygen atoms in total. The number of hydrogen-bond donors (Lipinski definition) is 7. The van der Waals surface area contributed by atoms with E-state index in [9.17, 15) is 38.9 Å². The second-order valence-electron chi connectivity index (χ2n) is 32.3. The van der Waals surface area contributed by atoms with Gasteiger partial charge in [0.1, 0.15) is 11.6 Å². The first-order valence-electron chi connectivity index (χ1n) is 37.7. The first kappa shape index (κ1) is 76.9. The summed E-state index contributed by atoms with van der Waals surface area (Å²) in [5.41, 5.74) is 6.08. The molecule has 5 aromatic heterocycles. The molecule has 10 aromatic rings. The number of halogens is 1. The SMILES string of the molecule is CC(C)(C)CC(=O)Nc1nc2cccc(C(C)(C)O)c2n1C1CCC1.[C-]#[N+]c1ccc2nc(NC(=O)CC(C)(O)C3CCCC3)n(C3CCC3)c2c1.[C-]#[N+]c1ccc2nc(NC(=O)CC3(C)CCCC3)n(C3CCC3)c2c1.[C-]#[N+]c1ccc2nc(NC(=O)C[C@](C)(O)c3ccccc3)n(-c3ccc(F)cn3)c2c1. The van der Waals surface area contributed by atoms with Gasteiger partial charge in [0.25, 0.3) is 0 Å². The minimum absolute atomic E-state index is 0.0202. The number of benzene rings is 5. The number of hydrogen-bond acceptors (Lipinski definition) is 12. The van der Waals surface area contributed by atoms with E-state index in [1.165, 1.54) is 37.8 Å². The van der Waals surface area contributed by atoms with E-state index in [-0.39, 0.29) is 53.3 Å². The molecule has 24 heteroatoms. The van der Waals surface area contributed by atoms with E-state index in [2.05, 4.69) is 81.3 Å². The lowest BCUT2D eigenvalue weighted by molar-refractivity contribution is -0.123. The third-order valence-corrected chi connectivity index (χ3v) is 21.7. The first-order valence-corrected chi connectivity index (χ1v) is 37.7. The highest BCUT2D eigenvalue weighted by Gasteiger charge is 2.38. The normalized spacial score (nSPS) is 17.0. The summed E-state index contributed by atoms with van der Waals surface area (Å²) in [4.78, 5) is 83.5. The number of rotatable bonds is 18. The van der Waals surface area contributed by atoms with Crippen molar-refractivity contribution in [1.82, 2.24) is 43.2 Å². The molecular formula is C84H97FN16O7. The molecule has 5 aliphatic carbocycles. The molecule has 0 saturated heterocycles. The van der Waals surface area contributed by atoms with Gasteiger partial charge < -0.3 is 29.0 Å². The van der Waals surface area contributed by atoms with Gasteiger partial charge in [-0.15, -0.1) is 0 Å². The van der Waals surface area contributed by atoms with E-state index in [0.717, 1.165) is 128 Å². The average Bonchev–Trinajstić information content (AvgIpc) is 1.54. The number of nitrogens with one attached hydrogen (secondary N) is 4. The van der Waals surface area contributed by atoms with E-state index in [0.29, 0.717) is 88.3 Å². The van der Waals surface area contributed by atoms with Gasteiger partial charge in [-0.1, -0.05) is 114 Å². The fourth-order valence-corrected chi connectivity index (χ4v) is 15.4. The van der Waals surface area contributed by atoms with Crippen LogP contribution in [0.3, 0.4) is 0 Å². The number of pyridine rings is 1. The van der Waals surface area contributed by atoms with Crippen molar-refractivity contribution < 1.29 is 38.9 Å². The summed E-state index contributed by atoms with van der Waals surface area (Å²) in [7, 11) is 0. The number of aromatic nitrogens is 9. The van der Waals surface area contributed by atoms with Gasteiger partial charge in [-0.3, -0.25) is 45.0 Å². The summed E-state index contributed by atoms with van der Waals surface area (Å²) in [6, 6.07) is 34.3. The van der Waals surface area contributed by atoms with Crippen molar-refractivity contribution in [2.75, 3.05) is 21.3 Å². The van der Waals surface area contributed by atoms with Gasteiger partial charge in [-0.25, -0.2) is 43.8 Å². The molecule has 7 N–H and O–H groups in total. The minimum atomic E-state index is -1.38. The average molecular weight is 1460 g/mol. The highest BCUT2D eigenvalue weighted by atomic mass is 19.1. The van der Waals surface area contributed by atoms with E-state index in [1.807, 2.05) is 69.3 Å². The monoisotopic (exact) mass is 1460 g/mol. The van der Waals surface area contributed by atoms with Crippen molar-refractivity contribution in [3.05, 3.63) is 173 Å². The Bertz CT molecular complexity index is 5090. The smallest absolute Gasteiger partial charge is 0.229 e. The second-order valence-corrected chi connectivity index (χ2v) is 32.3. The number of carbonyl (C=O) groups is 4. The maximum atomic E-state index is 13.4. The number of nitrogens with zero attached hydrogens (tertiary/aromatic N) is 12. The lowest BCUT2D eigenvalue weighted by Crippen LogP contribution is -2.37. The molecule has 0 radical (unpaired) electrons. The van der Waals surface area contributed by atoms with Crippen LogP contribution in [0.2, 0.25) is 0 Å². The summed E-state index contributed by atoms with van der Waals surface area (Å²) in [5, 5.41) is 43.9. The van der Waals surface area contributed by atoms with Crippen LogP contribution in [0, 0.1) is 42.3 Å². The molecule has 0 bridgehead atoms. The third kappa shape index (κ3) is 17.8. The summed E-state index contributed by atoms with van der Waals surface area (Å²) < 4.78 is 21.3. The number of fused-ring (bicyclic) bond motifs is 4. The highest BCUT2D eigenvalue weighted by Crippen LogP contribution is 2.45. The zero-order valence-electron chi connectivity index (χ0n) is 62.9. The van der Waals surface area contributed by atoms with Gasteiger partial charge in [0.15, 0.2) is 17.1 Å². The standard InChI is InChI=1S/C23H18FN5O2.C21H26N4O2.C20H24N4O.C20H29N3O2/c1-23(31,15-6-4-3-5-7-15)13-21(30)28-22-27-18-10-9-17(25-2)12-19(18)29(22)20-11-8-16(24)14-26-20;1-21(27,14-6-3-4-7-14)13-19(26)24-20-23-17-11-10-15(22-2)12-18(17)25(20)16-8-5-9-16;1-20(10-3-4-11-20)13-18(25)23-19-22-16-9-8-14(21-2)12-17(16)24(19)15-6-5-7-15;1-19(2,3)12-16(24)22-18-21-15-11-7-10-14(20(4,5)25)17(15)23(18)13-8-6-9-13/h3-12,14,31H,13H2,1H3,(H,27,28,30);10-12,14,16,27H,3-9,13H2,1H3,(H,23,24,26);8-9,12,15H,3-7,10-11,13H2,1H3,(H,22,23,25);7,10-11,13,25H,6,8-9,12H2,1-5H3,(H,21,22,24)/t23-;;;/m0.../s1. The van der Waals surface area contributed by atoms with Gasteiger partial charge in [-0.2, -0.15) is 0 Å². The summed E-state index contributed by atoms with van der Waals surface area (Å²) in [6.07, 6.45) is 20.9. The topological polar surface area (TPSA) is 274 Å². The van der Waals surface area contributed by atoms with Gasteiger partial charge in [-0.05, 0) is 188 Å². The summed E-state index contributed by atoms with van der Waals surface area (Å²) in [5.74, 6) is 1.34. The van der Waals surface area contributed by atoms with E-state index in [4.69, 9.17) is 19.7 Å². The van der Waals surface area contributed by atoms with Crippen molar-refractivity contribution >= 4 is 109 Å². The molecule has 562 valence electrons. The molecule has 5 saturated carbocycles. The summed E-state index contributed by atoms with van der Waals surface area (Å²) >= 11 is 0. The fraction of sp³-hybridized carbons (Fsp3) is 0.452. The third-order valence-electron chi connectivity index (χ3n) is 21.7. The molecule has 5 fully saturated rings. The molecule has 1 unspecified atom stereocenters.